The third-order valence-corrected chi connectivity index (χ3v) is 8.01. The maximum absolute atomic E-state index is 13.6. The Kier molecular flexibility index (Phi) is 6.99. The van der Waals surface area contributed by atoms with Gasteiger partial charge in [-0.3, -0.25) is 4.79 Å². The van der Waals surface area contributed by atoms with E-state index in [2.05, 4.69) is 11.4 Å². The number of rotatable bonds is 6. The van der Waals surface area contributed by atoms with Crippen LogP contribution in [0.3, 0.4) is 0 Å². The number of carbonyl (C=O) groups is 2. The van der Waals surface area contributed by atoms with E-state index in [9.17, 15) is 9.59 Å². The van der Waals surface area contributed by atoms with E-state index in [0.717, 1.165) is 29.0 Å². The van der Waals surface area contributed by atoms with Crippen LogP contribution in [0, 0.1) is 0 Å². The van der Waals surface area contributed by atoms with Crippen molar-refractivity contribution >= 4 is 34.7 Å². The van der Waals surface area contributed by atoms with Crippen molar-refractivity contribution in [3.63, 3.8) is 0 Å². The molecule has 184 valence electrons. The van der Waals surface area contributed by atoms with Gasteiger partial charge in [0, 0.05) is 45.1 Å². The summed E-state index contributed by atoms with van der Waals surface area (Å²) in [7, 11) is 1.61. The molecule has 2 atom stereocenters. The van der Waals surface area contributed by atoms with Crippen molar-refractivity contribution in [2.75, 3.05) is 7.11 Å². The molecule has 0 amide bonds. The van der Waals surface area contributed by atoms with Gasteiger partial charge in [0.05, 0.1) is 12.7 Å². The highest BCUT2D eigenvalue weighted by Crippen LogP contribution is 2.46. The number of methoxy groups -OCH3 is 1. The second kappa shape index (κ2) is 10.3. The van der Waals surface area contributed by atoms with Crippen molar-refractivity contribution in [1.29, 1.82) is 0 Å². The number of nitrogens with one attached hydrogen (secondary N) is 1. The summed E-state index contributed by atoms with van der Waals surface area (Å²) >= 11 is 7.83. The van der Waals surface area contributed by atoms with Gasteiger partial charge in [0.2, 0.25) is 0 Å². The van der Waals surface area contributed by atoms with Crippen molar-refractivity contribution in [2.45, 2.75) is 38.2 Å². The third-order valence-electron chi connectivity index (χ3n) is 6.73. The lowest BCUT2D eigenvalue weighted by Crippen LogP contribution is -2.36. The fraction of sp³-hybridized carbons (Fsp3) is 0.241. The molecule has 0 saturated carbocycles. The minimum atomic E-state index is -0.515. The Morgan fingerprint density at radius 3 is 2.50 bits per heavy atom. The number of halogens is 1. The van der Waals surface area contributed by atoms with Crippen molar-refractivity contribution in [3.05, 3.63) is 110 Å². The van der Waals surface area contributed by atoms with Crippen molar-refractivity contribution in [3.8, 4) is 5.75 Å². The van der Waals surface area contributed by atoms with Crippen LogP contribution in [-0.2, 0) is 20.9 Å². The van der Waals surface area contributed by atoms with Gasteiger partial charge in [-0.25, -0.2) is 4.79 Å². The molecule has 5 nitrogen and oxygen atoms in total. The van der Waals surface area contributed by atoms with Crippen LogP contribution in [0.2, 0.25) is 5.02 Å². The average molecular weight is 520 g/mol. The molecule has 1 aliphatic heterocycles. The minimum Gasteiger partial charge on any atom is -0.497 e. The predicted molar refractivity (Wildman–Crippen MR) is 141 cm³/mol. The largest absolute Gasteiger partial charge is 0.497 e. The van der Waals surface area contributed by atoms with Gasteiger partial charge in [-0.05, 0) is 60.2 Å². The summed E-state index contributed by atoms with van der Waals surface area (Å²) in [6, 6.07) is 18.8. The summed E-state index contributed by atoms with van der Waals surface area (Å²) in [5.74, 6) is -0.0470. The molecule has 0 saturated heterocycles. The zero-order valence-electron chi connectivity index (χ0n) is 20.0. The highest BCUT2D eigenvalue weighted by atomic mass is 35.5. The van der Waals surface area contributed by atoms with Crippen LogP contribution < -0.4 is 10.1 Å². The number of dihydropyridines is 1. The van der Waals surface area contributed by atoms with Crippen molar-refractivity contribution in [1.82, 2.24) is 5.32 Å². The van der Waals surface area contributed by atoms with Crippen LogP contribution in [-0.4, -0.2) is 18.9 Å². The third kappa shape index (κ3) is 4.84. The lowest BCUT2D eigenvalue weighted by atomic mass is 9.72. The average Bonchev–Trinajstić information content (AvgIpc) is 3.42. The molecule has 0 unspecified atom stereocenters. The highest BCUT2D eigenvalue weighted by molar-refractivity contribution is 7.10. The lowest BCUT2D eigenvalue weighted by molar-refractivity contribution is -0.140. The second-order valence-corrected chi connectivity index (χ2v) is 10.4. The van der Waals surface area contributed by atoms with Crippen molar-refractivity contribution in [2.24, 2.45) is 0 Å². The summed E-state index contributed by atoms with van der Waals surface area (Å²) in [6.45, 7) is 1.99. The number of ketones is 1. The van der Waals surface area contributed by atoms with Crippen LogP contribution in [0.15, 0.2) is 88.6 Å². The van der Waals surface area contributed by atoms with Crippen LogP contribution >= 0.6 is 22.9 Å². The van der Waals surface area contributed by atoms with E-state index in [1.165, 1.54) is 4.88 Å². The molecule has 2 heterocycles. The molecule has 1 aromatic heterocycles. The van der Waals surface area contributed by atoms with Crippen molar-refractivity contribution < 1.29 is 19.1 Å². The van der Waals surface area contributed by atoms with Gasteiger partial charge in [0.1, 0.15) is 12.4 Å². The number of thiophene rings is 1. The first-order valence-corrected chi connectivity index (χ1v) is 13.0. The molecule has 0 radical (unpaired) electrons. The van der Waals surface area contributed by atoms with E-state index in [4.69, 9.17) is 21.1 Å². The van der Waals surface area contributed by atoms with Gasteiger partial charge in [-0.2, -0.15) is 0 Å². The first kappa shape index (κ1) is 24.3. The van der Waals surface area contributed by atoms with Gasteiger partial charge >= 0.3 is 5.97 Å². The summed E-state index contributed by atoms with van der Waals surface area (Å²) in [6.07, 6.45) is 1.13. The fourth-order valence-corrected chi connectivity index (χ4v) is 5.93. The molecular weight excluding hydrogens is 494 g/mol. The van der Waals surface area contributed by atoms with Crippen LogP contribution in [0.1, 0.15) is 47.6 Å². The maximum atomic E-state index is 13.6. The smallest absolute Gasteiger partial charge is 0.337 e. The predicted octanol–water partition coefficient (Wildman–Crippen LogP) is 6.52. The molecular formula is C29H26ClNO4S. The zero-order chi connectivity index (χ0) is 25.2. The molecule has 5 rings (SSSR count). The molecule has 1 aliphatic carbocycles. The van der Waals surface area contributed by atoms with E-state index in [1.807, 2.05) is 54.8 Å². The van der Waals surface area contributed by atoms with E-state index < -0.39 is 11.9 Å². The quantitative estimate of drug-likeness (QED) is 0.376. The Hall–Kier alpha value is -3.35. The number of carbonyl (C=O) groups excluding carboxylic acids is 2. The summed E-state index contributed by atoms with van der Waals surface area (Å²) < 4.78 is 10.9. The SMILES string of the molecule is COc1ccc(COC(=O)C2=C(C)NC3=C(C(=O)C[C@@H](c4cccs4)C3)[C@@H]2c2ccc(Cl)cc2)cc1. The number of ether oxygens (including phenoxy) is 2. The standard InChI is InChI=1S/C29H26ClNO4S/c1-17-26(29(33)35-16-18-5-11-22(34-2)12-6-18)27(19-7-9-21(30)10-8-19)28-23(31-17)14-20(15-24(28)32)25-4-3-13-36-25/h3-13,20,27,31H,14-16H2,1-2H3/t20-,27+/m0/s1. The number of allylic oxidation sites excluding steroid dienone is 3. The Morgan fingerprint density at radius 2 is 1.83 bits per heavy atom. The minimum absolute atomic E-state index is 0.0510. The topological polar surface area (TPSA) is 64.6 Å². The molecule has 7 heteroatoms. The van der Waals surface area contributed by atoms with E-state index >= 15 is 0 Å². The first-order valence-electron chi connectivity index (χ1n) is 11.8. The molecule has 2 aromatic carbocycles. The number of hydrogen-bond acceptors (Lipinski definition) is 6. The molecule has 0 spiro atoms. The van der Waals surface area contributed by atoms with Gasteiger partial charge < -0.3 is 14.8 Å². The Morgan fingerprint density at radius 1 is 1.08 bits per heavy atom. The lowest BCUT2D eigenvalue weighted by Gasteiger charge is -2.36. The molecule has 0 fully saturated rings. The number of hydrogen-bond donors (Lipinski definition) is 1. The number of esters is 1. The van der Waals surface area contributed by atoms with Gasteiger partial charge in [0.25, 0.3) is 0 Å². The summed E-state index contributed by atoms with van der Waals surface area (Å²) in [4.78, 5) is 28.3. The summed E-state index contributed by atoms with van der Waals surface area (Å²) in [5.41, 5.74) is 4.37. The van der Waals surface area contributed by atoms with Crippen LogP contribution in [0.25, 0.3) is 0 Å². The Bertz CT molecular complexity index is 1340. The molecule has 3 aromatic rings. The normalized spacial score (nSPS) is 19.6. The van der Waals surface area contributed by atoms with Gasteiger partial charge in [0.15, 0.2) is 5.78 Å². The van der Waals surface area contributed by atoms with Gasteiger partial charge in [-0.15, -0.1) is 11.3 Å². The van der Waals surface area contributed by atoms with Crippen LogP contribution in [0.5, 0.6) is 5.75 Å². The zero-order valence-corrected chi connectivity index (χ0v) is 21.6. The van der Waals surface area contributed by atoms with E-state index in [1.54, 1.807) is 30.6 Å². The van der Waals surface area contributed by atoms with Crippen LogP contribution in [0.4, 0.5) is 0 Å². The molecule has 1 N–H and O–H groups in total. The van der Waals surface area contributed by atoms with E-state index in [0.29, 0.717) is 28.3 Å². The first-order chi connectivity index (χ1) is 17.4. The number of benzene rings is 2. The molecule has 2 aliphatic rings. The Balaban J connectivity index is 1.47. The maximum Gasteiger partial charge on any atom is 0.337 e. The molecule has 0 bridgehead atoms. The fourth-order valence-electron chi connectivity index (χ4n) is 4.97. The monoisotopic (exact) mass is 519 g/mol. The highest BCUT2D eigenvalue weighted by Gasteiger charge is 2.41. The second-order valence-electron chi connectivity index (χ2n) is 9.01. The van der Waals surface area contributed by atoms with E-state index in [-0.39, 0.29) is 18.3 Å². The Labute approximate surface area is 219 Å². The summed E-state index contributed by atoms with van der Waals surface area (Å²) in [5, 5.41) is 6.03. The number of Topliss-reactive ketones (excluding diaryl/α,β-unsaturated/α-hetero) is 1. The van der Waals surface area contributed by atoms with Gasteiger partial charge in [-0.1, -0.05) is 41.9 Å². The molecule has 36 heavy (non-hydrogen) atoms.